The first-order valence-corrected chi connectivity index (χ1v) is 9.93. The third kappa shape index (κ3) is 5.53. The molecule has 2 heterocycles. The topological polar surface area (TPSA) is 47.4 Å². The Kier molecular flexibility index (Phi) is 7.74. The Morgan fingerprint density at radius 2 is 1.83 bits per heavy atom. The zero-order valence-electron chi connectivity index (χ0n) is 16.7. The molecule has 1 aliphatic rings. The van der Waals surface area contributed by atoms with E-state index in [1.165, 1.54) is 12.1 Å². The highest BCUT2D eigenvalue weighted by Gasteiger charge is 2.13. The maximum atomic E-state index is 13.1. The van der Waals surface area contributed by atoms with E-state index in [2.05, 4.69) is 16.1 Å². The van der Waals surface area contributed by atoms with Gasteiger partial charge < -0.3 is 4.74 Å². The fourth-order valence-corrected chi connectivity index (χ4v) is 3.54. The van der Waals surface area contributed by atoms with Crippen LogP contribution in [-0.4, -0.2) is 53.3 Å². The van der Waals surface area contributed by atoms with E-state index in [0.717, 1.165) is 51.3 Å². The van der Waals surface area contributed by atoms with Crippen molar-refractivity contribution in [2.75, 3.05) is 32.8 Å². The molecule has 0 bridgehead atoms. The number of carbonyl (C=O) groups excluding carboxylic acids is 1. The van der Waals surface area contributed by atoms with E-state index in [1.54, 1.807) is 29.2 Å². The lowest BCUT2D eigenvalue weighted by Crippen LogP contribution is -2.36. The number of halogens is 2. The number of aryl methyl sites for hydroxylation is 1. The van der Waals surface area contributed by atoms with Gasteiger partial charge in [0.15, 0.2) is 5.78 Å². The molecule has 2 aromatic carbocycles. The number of carbonyl (C=O) groups is 1. The molecule has 30 heavy (non-hydrogen) atoms. The second kappa shape index (κ2) is 10.5. The van der Waals surface area contributed by atoms with Gasteiger partial charge in [0.05, 0.1) is 30.7 Å². The van der Waals surface area contributed by atoms with Crippen molar-refractivity contribution in [2.24, 2.45) is 0 Å². The number of morpholine rings is 1. The summed E-state index contributed by atoms with van der Waals surface area (Å²) in [6.07, 6.45) is 5.23. The standard InChI is InChI=1S/C23H24FN3O2.ClH/c24-21-6-8-22(9-7-21)27-17-20(16-25-27)23(28)19-5-1-3-18(15-19)4-2-10-26-11-13-29-14-12-26;/h1,3,5-9,15-17H,2,4,10-14H2;1H. The lowest BCUT2D eigenvalue weighted by atomic mass is 10.0. The van der Waals surface area contributed by atoms with Gasteiger partial charge in [-0.15, -0.1) is 12.4 Å². The monoisotopic (exact) mass is 429 g/mol. The number of ketones is 1. The molecule has 1 saturated heterocycles. The summed E-state index contributed by atoms with van der Waals surface area (Å²) in [5.74, 6) is -0.365. The van der Waals surface area contributed by atoms with Crippen LogP contribution in [0.5, 0.6) is 0 Å². The number of aromatic nitrogens is 2. The zero-order valence-corrected chi connectivity index (χ0v) is 17.5. The molecule has 1 aromatic heterocycles. The second-order valence-electron chi connectivity index (χ2n) is 7.24. The van der Waals surface area contributed by atoms with Crippen molar-refractivity contribution in [1.29, 1.82) is 0 Å². The van der Waals surface area contributed by atoms with Crippen LogP contribution < -0.4 is 0 Å². The van der Waals surface area contributed by atoms with E-state index in [-0.39, 0.29) is 24.0 Å². The van der Waals surface area contributed by atoms with E-state index in [0.29, 0.717) is 16.8 Å². The summed E-state index contributed by atoms with van der Waals surface area (Å²) in [6, 6.07) is 13.8. The van der Waals surface area contributed by atoms with E-state index in [9.17, 15) is 9.18 Å². The third-order valence-corrected chi connectivity index (χ3v) is 5.17. The summed E-state index contributed by atoms with van der Waals surface area (Å²) >= 11 is 0. The van der Waals surface area contributed by atoms with Crippen molar-refractivity contribution in [3.8, 4) is 5.69 Å². The molecule has 158 valence electrons. The molecule has 0 spiro atoms. The van der Waals surface area contributed by atoms with Gasteiger partial charge in [-0.1, -0.05) is 18.2 Å². The van der Waals surface area contributed by atoms with Gasteiger partial charge in [-0.25, -0.2) is 9.07 Å². The van der Waals surface area contributed by atoms with Gasteiger partial charge in [-0.3, -0.25) is 9.69 Å². The van der Waals surface area contributed by atoms with Crippen LogP contribution in [-0.2, 0) is 11.2 Å². The molecule has 0 aliphatic carbocycles. The molecule has 1 aliphatic heterocycles. The van der Waals surface area contributed by atoms with Crippen molar-refractivity contribution < 1.29 is 13.9 Å². The minimum atomic E-state index is -0.303. The second-order valence-corrected chi connectivity index (χ2v) is 7.24. The summed E-state index contributed by atoms with van der Waals surface area (Å²) in [4.78, 5) is 15.3. The van der Waals surface area contributed by atoms with E-state index < -0.39 is 0 Å². The largest absolute Gasteiger partial charge is 0.379 e. The van der Waals surface area contributed by atoms with Crippen molar-refractivity contribution in [3.63, 3.8) is 0 Å². The predicted octanol–water partition coefficient (Wildman–Crippen LogP) is 3.93. The SMILES string of the molecule is Cl.O=C(c1cccc(CCCN2CCOCC2)c1)c1cnn(-c2ccc(F)cc2)c1. The summed E-state index contributed by atoms with van der Waals surface area (Å²) in [6.45, 7) is 4.67. The predicted molar refractivity (Wildman–Crippen MR) is 116 cm³/mol. The molecule has 0 radical (unpaired) electrons. The first-order valence-electron chi connectivity index (χ1n) is 9.93. The van der Waals surface area contributed by atoms with Crippen LogP contribution >= 0.6 is 12.4 Å². The number of nitrogens with zero attached hydrogens (tertiary/aromatic N) is 3. The molecule has 3 aromatic rings. The Labute approximate surface area is 181 Å². The lowest BCUT2D eigenvalue weighted by Gasteiger charge is -2.26. The minimum Gasteiger partial charge on any atom is -0.379 e. The Morgan fingerprint density at radius 3 is 2.60 bits per heavy atom. The number of rotatable bonds is 7. The molecule has 0 saturated carbocycles. The Balaban J connectivity index is 0.00000256. The fourth-order valence-electron chi connectivity index (χ4n) is 3.54. The molecular weight excluding hydrogens is 405 g/mol. The van der Waals surface area contributed by atoms with Crippen molar-refractivity contribution in [2.45, 2.75) is 12.8 Å². The van der Waals surface area contributed by atoms with Gasteiger partial charge in [-0.05, 0) is 55.3 Å². The average Bonchev–Trinajstić information content (AvgIpc) is 3.25. The van der Waals surface area contributed by atoms with Crippen LogP contribution in [0.2, 0.25) is 0 Å². The van der Waals surface area contributed by atoms with Crippen LogP contribution in [0.3, 0.4) is 0 Å². The van der Waals surface area contributed by atoms with Crippen LogP contribution in [0.1, 0.15) is 27.9 Å². The summed E-state index contributed by atoms with van der Waals surface area (Å²) < 4.78 is 20.1. The van der Waals surface area contributed by atoms with E-state index in [4.69, 9.17) is 4.74 Å². The molecular formula is C23H25ClFN3O2. The van der Waals surface area contributed by atoms with Crippen LogP contribution in [0.25, 0.3) is 5.69 Å². The van der Waals surface area contributed by atoms with Crippen molar-refractivity contribution in [3.05, 3.63) is 83.4 Å². The van der Waals surface area contributed by atoms with Gasteiger partial charge in [-0.2, -0.15) is 5.10 Å². The van der Waals surface area contributed by atoms with Gasteiger partial charge in [0, 0.05) is 24.8 Å². The molecule has 1 fully saturated rings. The summed E-state index contributed by atoms with van der Waals surface area (Å²) in [5, 5.41) is 4.24. The fraction of sp³-hybridized carbons (Fsp3) is 0.304. The van der Waals surface area contributed by atoms with Crippen LogP contribution in [0.4, 0.5) is 4.39 Å². The number of ether oxygens (including phenoxy) is 1. The Hall–Kier alpha value is -2.54. The lowest BCUT2D eigenvalue weighted by molar-refractivity contribution is 0.0374. The Bertz CT molecular complexity index is 969. The van der Waals surface area contributed by atoms with E-state index >= 15 is 0 Å². The van der Waals surface area contributed by atoms with Gasteiger partial charge in [0.1, 0.15) is 5.82 Å². The highest BCUT2D eigenvalue weighted by Crippen LogP contribution is 2.15. The highest BCUT2D eigenvalue weighted by atomic mass is 35.5. The molecule has 0 atom stereocenters. The maximum Gasteiger partial charge on any atom is 0.196 e. The minimum absolute atomic E-state index is 0. The van der Waals surface area contributed by atoms with Gasteiger partial charge >= 0.3 is 0 Å². The van der Waals surface area contributed by atoms with Crippen molar-refractivity contribution in [1.82, 2.24) is 14.7 Å². The first kappa shape index (κ1) is 22.2. The van der Waals surface area contributed by atoms with Crippen LogP contribution in [0, 0.1) is 5.82 Å². The molecule has 7 heteroatoms. The highest BCUT2D eigenvalue weighted by molar-refractivity contribution is 6.08. The van der Waals surface area contributed by atoms with Crippen LogP contribution in [0.15, 0.2) is 60.9 Å². The van der Waals surface area contributed by atoms with E-state index in [1.807, 2.05) is 18.2 Å². The summed E-state index contributed by atoms with van der Waals surface area (Å²) in [5.41, 5.74) is 3.05. The molecule has 0 N–H and O–H groups in total. The van der Waals surface area contributed by atoms with Gasteiger partial charge in [0.25, 0.3) is 0 Å². The quantitative estimate of drug-likeness (QED) is 0.534. The molecule has 0 unspecified atom stereocenters. The summed E-state index contributed by atoms with van der Waals surface area (Å²) in [7, 11) is 0. The first-order chi connectivity index (χ1) is 14.2. The number of hydrogen-bond acceptors (Lipinski definition) is 4. The maximum absolute atomic E-state index is 13.1. The van der Waals surface area contributed by atoms with Crippen molar-refractivity contribution >= 4 is 18.2 Å². The number of hydrogen-bond donors (Lipinski definition) is 0. The Morgan fingerprint density at radius 1 is 1.07 bits per heavy atom. The normalized spacial score (nSPS) is 14.3. The molecule has 4 rings (SSSR count). The molecule has 5 nitrogen and oxygen atoms in total. The smallest absolute Gasteiger partial charge is 0.196 e. The average molecular weight is 430 g/mol. The number of benzene rings is 2. The zero-order chi connectivity index (χ0) is 20.1. The van der Waals surface area contributed by atoms with Gasteiger partial charge in [0.2, 0.25) is 0 Å². The third-order valence-electron chi connectivity index (χ3n) is 5.17. The molecule has 0 amide bonds.